The summed E-state index contributed by atoms with van der Waals surface area (Å²) in [6.45, 7) is 5.99. The van der Waals surface area contributed by atoms with Gasteiger partial charge in [0.1, 0.15) is 0 Å². The predicted molar refractivity (Wildman–Crippen MR) is 79.1 cm³/mol. The molecule has 0 aliphatic rings. The van der Waals surface area contributed by atoms with Crippen LogP contribution >= 0.6 is 11.6 Å². The minimum atomic E-state index is -0.522. The van der Waals surface area contributed by atoms with Crippen molar-refractivity contribution in [3.05, 3.63) is 40.4 Å². The monoisotopic (exact) mass is 281 g/mol. The number of nitrogens with one attached hydrogen (secondary N) is 1. The van der Waals surface area contributed by atoms with Crippen molar-refractivity contribution in [1.82, 2.24) is 5.32 Å². The number of amides is 1. The Balaban J connectivity index is 2.52. The van der Waals surface area contributed by atoms with Crippen LogP contribution < -0.4 is 5.32 Å². The molecule has 1 aromatic carbocycles. The molecule has 0 saturated heterocycles. The second-order valence-corrected chi connectivity index (χ2v) is 5.31. The van der Waals surface area contributed by atoms with E-state index in [2.05, 4.69) is 5.32 Å². The van der Waals surface area contributed by atoms with Crippen molar-refractivity contribution < 1.29 is 9.90 Å². The lowest BCUT2D eigenvalue weighted by atomic mass is 10.1. The average Bonchev–Trinajstić information content (AvgIpc) is 2.37. The average molecular weight is 282 g/mol. The fourth-order valence-corrected chi connectivity index (χ4v) is 1.57. The normalized spacial score (nSPS) is 12.9. The minimum absolute atomic E-state index is 0.125. The largest absolute Gasteiger partial charge is 0.391 e. The molecule has 1 amide bonds. The van der Waals surface area contributed by atoms with Gasteiger partial charge in [-0.2, -0.15) is 0 Å². The van der Waals surface area contributed by atoms with Gasteiger partial charge in [-0.15, -0.1) is 0 Å². The summed E-state index contributed by atoms with van der Waals surface area (Å²) in [5.74, 6) is -0.100. The third-order valence-corrected chi connectivity index (χ3v) is 3.29. The van der Waals surface area contributed by atoms with Gasteiger partial charge < -0.3 is 10.4 Å². The number of aliphatic hydroxyl groups excluding tert-OH is 1. The van der Waals surface area contributed by atoms with Crippen molar-refractivity contribution in [2.45, 2.75) is 26.9 Å². The lowest BCUT2D eigenvalue weighted by molar-refractivity contribution is -0.117. The van der Waals surface area contributed by atoms with Gasteiger partial charge in [0, 0.05) is 17.6 Å². The Hall–Kier alpha value is -1.32. The van der Waals surface area contributed by atoms with Gasteiger partial charge in [-0.25, -0.2) is 0 Å². The molecule has 0 aliphatic carbocycles. The molecule has 0 radical (unpaired) electrons. The zero-order valence-corrected chi connectivity index (χ0v) is 12.2. The van der Waals surface area contributed by atoms with E-state index in [1.165, 1.54) is 6.08 Å². The van der Waals surface area contributed by atoms with Gasteiger partial charge in [0.05, 0.1) is 6.10 Å². The molecule has 0 saturated carbocycles. The summed E-state index contributed by atoms with van der Waals surface area (Å²) < 4.78 is 0. The van der Waals surface area contributed by atoms with E-state index in [9.17, 15) is 9.90 Å². The van der Waals surface area contributed by atoms with E-state index in [4.69, 9.17) is 11.6 Å². The summed E-state index contributed by atoms with van der Waals surface area (Å²) in [6, 6.07) is 5.61. The van der Waals surface area contributed by atoms with Crippen LogP contribution in [0.5, 0.6) is 0 Å². The Kier molecular flexibility index (Phi) is 6.06. The van der Waals surface area contributed by atoms with Gasteiger partial charge in [0.15, 0.2) is 0 Å². The quantitative estimate of drug-likeness (QED) is 0.816. The molecule has 1 rings (SSSR count). The van der Waals surface area contributed by atoms with Gasteiger partial charge in [0.2, 0.25) is 5.91 Å². The Morgan fingerprint density at radius 1 is 1.47 bits per heavy atom. The molecule has 2 N–H and O–H groups in total. The fourth-order valence-electron chi connectivity index (χ4n) is 1.38. The van der Waals surface area contributed by atoms with E-state index >= 15 is 0 Å². The van der Waals surface area contributed by atoms with Gasteiger partial charge in [0.25, 0.3) is 0 Å². The van der Waals surface area contributed by atoms with Crippen LogP contribution in [-0.2, 0) is 4.79 Å². The molecular weight excluding hydrogens is 262 g/mol. The second-order valence-electron chi connectivity index (χ2n) is 4.90. The summed E-state index contributed by atoms with van der Waals surface area (Å²) in [5, 5.41) is 12.9. The van der Waals surface area contributed by atoms with Gasteiger partial charge in [-0.3, -0.25) is 4.79 Å². The highest BCUT2D eigenvalue weighted by Gasteiger charge is 2.09. The fraction of sp³-hybridized carbons (Fsp3) is 0.400. The highest BCUT2D eigenvalue weighted by Crippen LogP contribution is 2.17. The van der Waals surface area contributed by atoms with E-state index < -0.39 is 6.10 Å². The molecule has 0 fully saturated rings. The zero-order valence-electron chi connectivity index (χ0n) is 11.5. The predicted octanol–water partition coefficient (Wildman–Crippen LogP) is 2.79. The van der Waals surface area contributed by atoms with Crippen molar-refractivity contribution in [3.8, 4) is 0 Å². The molecule has 1 atom stereocenters. The topological polar surface area (TPSA) is 49.3 Å². The molecule has 0 spiro atoms. The molecule has 3 nitrogen and oxygen atoms in total. The third-order valence-electron chi connectivity index (χ3n) is 2.88. The van der Waals surface area contributed by atoms with E-state index in [1.807, 2.05) is 39.0 Å². The molecule has 1 aromatic rings. The Bertz CT molecular complexity index is 469. The van der Waals surface area contributed by atoms with Crippen LogP contribution in [0.25, 0.3) is 6.08 Å². The molecule has 104 valence electrons. The summed E-state index contributed by atoms with van der Waals surface area (Å²) >= 11 is 6.00. The third kappa shape index (κ3) is 5.45. The van der Waals surface area contributed by atoms with Crippen LogP contribution in [0.4, 0.5) is 0 Å². The highest BCUT2D eigenvalue weighted by atomic mass is 35.5. The molecule has 0 heterocycles. The van der Waals surface area contributed by atoms with Crippen LogP contribution in [-0.4, -0.2) is 23.7 Å². The Morgan fingerprint density at radius 3 is 2.74 bits per heavy atom. The summed E-state index contributed by atoms with van der Waals surface area (Å²) in [6.07, 6.45) is 2.61. The standard InChI is InChI=1S/C15H20ClNO2/c1-10(2)14(18)9-17-15(19)7-6-12-5-4-11(3)13(16)8-12/h4-8,10,14,18H,9H2,1-3H3,(H,17,19)/b7-6+. The van der Waals surface area contributed by atoms with Crippen molar-refractivity contribution in [3.63, 3.8) is 0 Å². The minimum Gasteiger partial charge on any atom is -0.391 e. The lowest BCUT2D eigenvalue weighted by Gasteiger charge is -2.13. The number of hydrogen-bond donors (Lipinski definition) is 2. The van der Waals surface area contributed by atoms with Crippen molar-refractivity contribution >= 4 is 23.6 Å². The van der Waals surface area contributed by atoms with Crippen LogP contribution in [0, 0.1) is 12.8 Å². The first kappa shape index (κ1) is 15.7. The van der Waals surface area contributed by atoms with E-state index in [0.717, 1.165) is 11.1 Å². The summed E-state index contributed by atoms with van der Waals surface area (Å²) in [5.41, 5.74) is 1.87. The van der Waals surface area contributed by atoms with E-state index in [-0.39, 0.29) is 18.4 Å². The second kappa shape index (κ2) is 7.31. The molecule has 0 aromatic heterocycles. The van der Waals surface area contributed by atoms with Gasteiger partial charge in [-0.05, 0) is 36.1 Å². The molecular formula is C15H20ClNO2. The first-order valence-electron chi connectivity index (χ1n) is 6.30. The number of carbonyl (C=O) groups excluding carboxylic acids is 1. The van der Waals surface area contributed by atoms with Crippen LogP contribution in [0.1, 0.15) is 25.0 Å². The maximum absolute atomic E-state index is 11.6. The number of hydrogen-bond acceptors (Lipinski definition) is 2. The van der Waals surface area contributed by atoms with Gasteiger partial charge >= 0.3 is 0 Å². The number of rotatable bonds is 5. The lowest BCUT2D eigenvalue weighted by Crippen LogP contribution is -2.33. The number of aliphatic hydroxyl groups is 1. The first-order chi connectivity index (χ1) is 8.90. The first-order valence-corrected chi connectivity index (χ1v) is 6.68. The van der Waals surface area contributed by atoms with Crippen molar-refractivity contribution in [2.24, 2.45) is 5.92 Å². The number of halogens is 1. The summed E-state index contributed by atoms with van der Waals surface area (Å²) in [4.78, 5) is 11.6. The smallest absolute Gasteiger partial charge is 0.244 e. The maximum atomic E-state index is 11.6. The van der Waals surface area contributed by atoms with Crippen LogP contribution in [0.15, 0.2) is 24.3 Å². The van der Waals surface area contributed by atoms with Gasteiger partial charge in [-0.1, -0.05) is 37.6 Å². The molecule has 19 heavy (non-hydrogen) atoms. The SMILES string of the molecule is Cc1ccc(/C=C/C(=O)NCC(O)C(C)C)cc1Cl. The van der Waals surface area contributed by atoms with Crippen LogP contribution in [0.2, 0.25) is 5.02 Å². The molecule has 4 heteroatoms. The van der Waals surface area contributed by atoms with E-state index in [1.54, 1.807) is 6.08 Å². The molecule has 0 bridgehead atoms. The van der Waals surface area contributed by atoms with E-state index in [0.29, 0.717) is 5.02 Å². The number of aryl methyl sites for hydroxylation is 1. The molecule has 1 unspecified atom stereocenters. The molecule has 0 aliphatic heterocycles. The maximum Gasteiger partial charge on any atom is 0.244 e. The number of benzene rings is 1. The Morgan fingerprint density at radius 2 is 2.16 bits per heavy atom. The van der Waals surface area contributed by atoms with Crippen molar-refractivity contribution in [1.29, 1.82) is 0 Å². The zero-order chi connectivity index (χ0) is 14.4. The van der Waals surface area contributed by atoms with Crippen LogP contribution in [0.3, 0.4) is 0 Å². The highest BCUT2D eigenvalue weighted by molar-refractivity contribution is 6.31. The number of carbonyl (C=O) groups is 1. The summed E-state index contributed by atoms with van der Waals surface area (Å²) in [7, 11) is 0. The Labute approximate surface area is 119 Å². The van der Waals surface area contributed by atoms with Crippen molar-refractivity contribution in [2.75, 3.05) is 6.54 Å².